The molecule has 0 aromatic heterocycles. The molecule has 5 nitrogen and oxygen atoms in total. The molecule has 0 spiro atoms. The van der Waals surface area contributed by atoms with Crippen molar-refractivity contribution in [3.05, 3.63) is 94.0 Å². The van der Waals surface area contributed by atoms with Gasteiger partial charge in [0.15, 0.2) is 6.10 Å². The molecule has 0 saturated heterocycles. The van der Waals surface area contributed by atoms with Gasteiger partial charge in [0.05, 0.1) is 12.2 Å². The Labute approximate surface area is 196 Å². The highest BCUT2D eigenvalue weighted by atomic mass is 35.5. The van der Waals surface area contributed by atoms with Gasteiger partial charge in [0, 0.05) is 21.8 Å². The standard InChI is InChI=1S/C25H20Cl2N2O3/c1-16-25(31)29(15-18-3-2-4-20(27)13-18)22-14-21(10-11-23(22)32-16)28-24(30)12-7-17-5-8-19(26)9-6-17/h2-14,16H,15H2,1H3,(H,28,30)/b12-7+. The van der Waals surface area contributed by atoms with Crippen LogP contribution in [0.3, 0.4) is 0 Å². The zero-order valence-electron chi connectivity index (χ0n) is 17.2. The van der Waals surface area contributed by atoms with Crippen LogP contribution >= 0.6 is 23.2 Å². The van der Waals surface area contributed by atoms with E-state index in [1.165, 1.54) is 6.08 Å². The molecule has 0 radical (unpaired) electrons. The van der Waals surface area contributed by atoms with Crippen molar-refractivity contribution in [3.63, 3.8) is 0 Å². The number of carbonyl (C=O) groups excluding carboxylic acids is 2. The van der Waals surface area contributed by atoms with Crippen LogP contribution in [-0.4, -0.2) is 17.9 Å². The number of nitrogens with zero attached hydrogens (tertiary/aromatic N) is 1. The Kier molecular flexibility index (Phi) is 6.49. The fourth-order valence-corrected chi connectivity index (χ4v) is 3.73. The minimum Gasteiger partial charge on any atom is -0.479 e. The number of benzene rings is 3. The molecule has 4 rings (SSSR count). The molecule has 0 saturated carbocycles. The van der Waals surface area contributed by atoms with Crippen molar-refractivity contribution in [2.24, 2.45) is 0 Å². The molecule has 2 amide bonds. The van der Waals surface area contributed by atoms with E-state index in [4.69, 9.17) is 27.9 Å². The first-order valence-electron chi connectivity index (χ1n) is 10.0. The number of hydrogen-bond acceptors (Lipinski definition) is 3. The molecule has 0 bridgehead atoms. The molecular formula is C25H20Cl2N2O3. The van der Waals surface area contributed by atoms with Crippen LogP contribution in [0.1, 0.15) is 18.1 Å². The predicted octanol–water partition coefficient (Wildman–Crippen LogP) is 5.96. The van der Waals surface area contributed by atoms with Crippen molar-refractivity contribution in [3.8, 4) is 5.75 Å². The molecule has 0 aliphatic carbocycles. The summed E-state index contributed by atoms with van der Waals surface area (Å²) in [5.41, 5.74) is 2.89. The number of fused-ring (bicyclic) bond motifs is 1. The zero-order valence-corrected chi connectivity index (χ0v) is 18.7. The highest BCUT2D eigenvalue weighted by Gasteiger charge is 2.31. The van der Waals surface area contributed by atoms with E-state index in [0.29, 0.717) is 33.7 Å². The quantitative estimate of drug-likeness (QED) is 0.471. The van der Waals surface area contributed by atoms with Gasteiger partial charge in [-0.1, -0.05) is 47.5 Å². The Morgan fingerprint density at radius 1 is 1.06 bits per heavy atom. The first-order valence-corrected chi connectivity index (χ1v) is 10.8. The minimum atomic E-state index is -0.607. The summed E-state index contributed by atoms with van der Waals surface area (Å²) in [7, 11) is 0. The first-order chi connectivity index (χ1) is 15.4. The lowest BCUT2D eigenvalue weighted by molar-refractivity contribution is -0.125. The number of carbonyl (C=O) groups is 2. The van der Waals surface area contributed by atoms with Crippen LogP contribution in [0.25, 0.3) is 6.08 Å². The molecule has 1 aliphatic heterocycles. The van der Waals surface area contributed by atoms with Gasteiger partial charge in [0.25, 0.3) is 5.91 Å². The number of anilines is 2. The molecule has 1 unspecified atom stereocenters. The third-order valence-electron chi connectivity index (χ3n) is 4.96. The van der Waals surface area contributed by atoms with Crippen molar-refractivity contribution in [1.82, 2.24) is 0 Å². The Morgan fingerprint density at radius 2 is 1.84 bits per heavy atom. The van der Waals surface area contributed by atoms with Crippen LogP contribution in [0.4, 0.5) is 11.4 Å². The van der Waals surface area contributed by atoms with E-state index in [-0.39, 0.29) is 11.8 Å². The summed E-state index contributed by atoms with van der Waals surface area (Å²) in [5, 5.41) is 4.06. The highest BCUT2D eigenvalue weighted by Crippen LogP contribution is 2.37. The van der Waals surface area contributed by atoms with E-state index in [2.05, 4.69) is 5.32 Å². The minimum absolute atomic E-state index is 0.163. The number of ether oxygens (including phenoxy) is 1. The largest absolute Gasteiger partial charge is 0.479 e. The number of amides is 2. The maximum absolute atomic E-state index is 12.9. The van der Waals surface area contributed by atoms with Crippen LogP contribution in [0.15, 0.2) is 72.8 Å². The number of hydrogen-bond donors (Lipinski definition) is 1. The van der Waals surface area contributed by atoms with Crippen molar-refractivity contribution in [2.45, 2.75) is 19.6 Å². The van der Waals surface area contributed by atoms with Gasteiger partial charge in [-0.25, -0.2) is 0 Å². The normalized spacial score (nSPS) is 15.4. The van der Waals surface area contributed by atoms with Gasteiger partial charge in [-0.3, -0.25) is 9.59 Å². The molecule has 1 heterocycles. The Hall–Kier alpha value is -3.28. The van der Waals surface area contributed by atoms with Gasteiger partial charge in [0.2, 0.25) is 5.91 Å². The van der Waals surface area contributed by atoms with E-state index in [9.17, 15) is 9.59 Å². The van der Waals surface area contributed by atoms with E-state index >= 15 is 0 Å². The lowest BCUT2D eigenvalue weighted by Gasteiger charge is -2.33. The van der Waals surface area contributed by atoms with E-state index in [1.807, 2.05) is 30.3 Å². The predicted molar refractivity (Wildman–Crippen MR) is 128 cm³/mol. The smallest absolute Gasteiger partial charge is 0.268 e. The molecule has 1 N–H and O–H groups in total. The summed E-state index contributed by atoms with van der Waals surface area (Å²) in [6.07, 6.45) is 2.53. The van der Waals surface area contributed by atoms with E-state index in [0.717, 1.165) is 11.1 Å². The molecule has 7 heteroatoms. The second-order valence-electron chi connectivity index (χ2n) is 7.37. The number of halogens is 2. The van der Waals surface area contributed by atoms with Crippen molar-refractivity contribution < 1.29 is 14.3 Å². The monoisotopic (exact) mass is 466 g/mol. The van der Waals surface area contributed by atoms with Crippen LogP contribution in [0.2, 0.25) is 10.0 Å². The average Bonchev–Trinajstić information content (AvgIpc) is 2.77. The van der Waals surface area contributed by atoms with Crippen LogP contribution in [0.5, 0.6) is 5.75 Å². The van der Waals surface area contributed by atoms with Gasteiger partial charge in [0.1, 0.15) is 5.75 Å². The Morgan fingerprint density at radius 3 is 2.59 bits per heavy atom. The fourth-order valence-electron chi connectivity index (χ4n) is 3.40. The number of rotatable bonds is 5. The lowest BCUT2D eigenvalue weighted by atomic mass is 10.1. The SMILES string of the molecule is CC1Oc2ccc(NC(=O)/C=C/c3ccc(Cl)cc3)cc2N(Cc2cccc(Cl)c2)C1=O. The molecule has 32 heavy (non-hydrogen) atoms. The average molecular weight is 467 g/mol. The second-order valence-corrected chi connectivity index (χ2v) is 8.24. The second kappa shape index (κ2) is 9.47. The van der Waals surface area contributed by atoms with Gasteiger partial charge >= 0.3 is 0 Å². The zero-order chi connectivity index (χ0) is 22.7. The maximum atomic E-state index is 12.9. The van der Waals surface area contributed by atoms with Crippen LogP contribution in [-0.2, 0) is 16.1 Å². The molecule has 3 aromatic carbocycles. The maximum Gasteiger partial charge on any atom is 0.268 e. The number of nitrogens with one attached hydrogen (secondary N) is 1. The van der Waals surface area contributed by atoms with E-state index in [1.54, 1.807) is 54.3 Å². The van der Waals surface area contributed by atoms with Crippen LogP contribution in [0, 0.1) is 0 Å². The van der Waals surface area contributed by atoms with Gasteiger partial charge < -0.3 is 15.0 Å². The van der Waals surface area contributed by atoms with Crippen LogP contribution < -0.4 is 15.0 Å². The summed E-state index contributed by atoms with van der Waals surface area (Å²) in [4.78, 5) is 26.9. The van der Waals surface area contributed by atoms with E-state index < -0.39 is 6.10 Å². The fraction of sp³-hybridized carbons (Fsp3) is 0.120. The highest BCUT2D eigenvalue weighted by molar-refractivity contribution is 6.30. The van der Waals surface area contributed by atoms with Gasteiger partial charge in [-0.2, -0.15) is 0 Å². The molecule has 3 aromatic rings. The first kappa shape index (κ1) is 21.9. The molecular weight excluding hydrogens is 447 g/mol. The summed E-state index contributed by atoms with van der Waals surface area (Å²) >= 11 is 12.0. The molecule has 0 fully saturated rings. The summed E-state index contributed by atoms with van der Waals surface area (Å²) in [6.45, 7) is 2.06. The van der Waals surface area contributed by atoms with Crippen molar-refractivity contribution in [2.75, 3.05) is 10.2 Å². The molecule has 1 aliphatic rings. The Bertz CT molecular complexity index is 1190. The summed E-state index contributed by atoms with van der Waals surface area (Å²) in [5.74, 6) is 0.120. The van der Waals surface area contributed by atoms with Crippen molar-refractivity contribution in [1.29, 1.82) is 0 Å². The van der Waals surface area contributed by atoms with Crippen molar-refractivity contribution >= 4 is 52.5 Å². The third-order valence-corrected chi connectivity index (χ3v) is 5.45. The summed E-state index contributed by atoms with van der Waals surface area (Å²) < 4.78 is 5.76. The topological polar surface area (TPSA) is 58.6 Å². The molecule has 1 atom stereocenters. The lowest BCUT2D eigenvalue weighted by Crippen LogP contribution is -2.44. The third kappa shape index (κ3) is 5.13. The van der Waals surface area contributed by atoms with Gasteiger partial charge in [-0.15, -0.1) is 0 Å². The molecule has 162 valence electrons. The Balaban J connectivity index is 1.55. The van der Waals surface area contributed by atoms with Gasteiger partial charge in [-0.05, 0) is 66.6 Å². The summed E-state index contributed by atoms with van der Waals surface area (Å²) in [6, 6.07) is 19.8.